The first kappa shape index (κ1) is 20.4. The lowest BCUT2D eigenvalue weighted by atomic mass is 10.2. The van der Waals surface area contributed by atoms with E-state index in [0.29, 0.717) is 17.1 Å². The molecule has 0 atom stereocenters. The molecule has 0 aliphatic heterocycles. The molecule has 5 rings (SSSR count). The zero-order valence-corrected chi connectivity index (χ0v) is 18.0. The minimum absolute atomic E-state index is 0.314. The predicted molar refractivity (Wildman–Crippen MR) is 117 cm³/mol. The van der Waals surface area contributed by atoms with Crippen LogP contribution in [0.25, 0.3) is 5.69 Å². The van der Waals surface area contributed by atoms with Gasteiger partial charge in [-0.25, -0.2) is 18.4 Å². The molecule has 9 heteroatoms. The van der Waals surface area contributed by atoms with E-state index in [9.17, 15) is 13.6 Å². The van der Waals surface area contributed by atoms with E-state index < -0.39 is 11.6 Å². The van der Waals surface area contributed by atoms with Gasteiger partial charge in [-0.2, -0.15) is 5.10 Å². The number of carbonyl (C=O) groups is 1. The molecule has 0 unspecified atom stereocenters. The highest BCUT2D eigenvalue weighted by atomic mass is 32.2. The number of nitrogens with one attached hydrogen (secondary N) is 1. The summed E-state index contributed by atoms with van der Waals surface area (Å²) in [5, 5.41) is 8.21. The van der Waals surface area contributed by atoms with Gasteiger partial charge in [0, 0.05) is 47.3 Å². The summed E-state index contributed by atoms with van der Waals surface area (Å²) in [6.45, 7) is 0. The fourth-order valence-corrected chi connectivity index (χ4v) is 4.60. The minimum atomic E-state index is -0.945. The third kappa shape index (κ3) is 3.80. The van der Waals surface area contributed by atoms with Crippen LogP contribution < -0.4 is 5.32 Å². The Morgan fingerprint density at radius 3 is 2.62 bits per heavy atom. The Morgan fingerprint density at radius 2 is 1.91 bits per heavy atom. The average molecular weight is 452 g/mol. The van der Waals surface area contributed by atoms with Crippen molar-refractivity contribution < 1.29 is 13.6 Å². The molecule has 0 fully saturated rings. The van der Waals surface area contributed by atoms with Crippen molar-refractivity contribution in [2.75, 3.05) is 5.32 Å². The molecule has 0 radical (unpaired) electrons. The van der Waals surface area contributed by atoms with Crippen molar-refractivity contribution in [3.63, 3.8) is 0 Å². The summed E-state index contributed by atoms with van der Waals surface area (Å²) in [6.07, 6.45) is 5.97. The number of hydrogen-bond donors (Lipinski definition) is 1. The maximum atomic E-state index is 13.7. The summed E-state index contributed by atoms with van der Waals surface area (Å²) in [7, 11) is 1.93. The van der Waals surface area contributed by atoms with Gasteiger partial charge in [0.05, 0.1) is 5.69 Å². The van der Waals surface area contributed by atoms with Crippen molar-refractivity contribution in [3.8, 4) is 5.69 Å². The Hall–Kier alpha value is -3.46. The van der Waals surface area contributed by atoms with Crippen LogP contribution in [0.5, 0.6) is 0 Å². The molecule has 1 N–H and O–H groups in total. The number of fused-ring (bicyclic) bond motifs is 1. The molecule has 1 amide bonds. The predicted octanol–water partition coefficient (Wildman–Crippen LogP) is 4.78. The molecular weight excluding hydrogens is 432 g/mol. The van der Waals surface area contributed by atoms with Crippen LogP contribution in [0.4, 0.5) is 14.5 Å². The maximum Gasteiger partial charge on any atom is 0.276 e. The normalized spacial score (nSPS) is 12.7. The Labute approximate surface area is 187 Å². The van der Waals surface area contributed by atoms with Crippen molar-refractivity contribution >= 4 is 23.4 Å². The summed E-state index contributed by atoms with van der Waals surface area (Å²) < 4.78 is 30.6. The topological polar surface area (TPSA) is 64.7 Å². The second kappa shape index (κ2) is 8.23. The zero-order valence-electron chi connectivity index (χ0n) is 17.2. The second-order valence-electron chi connectivity index (χ2n) is 7.54. The van der Waals surface area contributed by atoms with Gasteiger partial charge in [0.1, 0.15) is 0 Å². The van der Waals surface area contributed by atoms with Gasteiger partial charge in [0.15, 0.2) is 22.5 Å². The number of hydrogen-bond acceptors (Lipinski definition) is 4. The van der Waals surface area contributed by atoms with Gasteiger partial charge in [-0.3, -0.25) is 4.79 Å². The van der Waals surface area contributed by atoms with Crippen molar-refractivity contribution in [1.82, 2.24) is 19.3 Å². The smallest absolute Gasteiger partial charge is 0.276 e. The Kier molecular flexibility index (Phi) is 5.26. The standard InChI is InChI=1S/C23H19F2N5OS/c1-29-12-11-26-23(29)32-16-8-5-14(6-9-16)27-22(31)21-17-3-2-4-20(17)30(28-21)15-7-10-18(24)19(25)13-15/h5-13H,2-4H2,1H3,(H,27,31). The molecule has 2 aromatic heterocycles. The van der Waals surface area contributed by atoms with Gasteiger partial charge in [0.25, 0.3) is 5.91 Å². The molecular formula is C23H19F2N5OS. The van der Waals surface area contributed by atoms with E-state index in [2.05, 4.69) is 15.4 Å². The van der Waals surface area contributed by atoms with E-state index >= 15 is 0 Å². The van der Waals surface area contributed by atoms with E-state index in [1.54, 1.807) is 10.9 Å². The monoisotopic (exact) mass is 451 g/mol. The summed E-state index contributed by atoms with van der Waals surface area (Å²) in [6, 6.07) is 11.1. The van der Waals surface area contributed by atoms with Gasteiger partial charge in [-0.1, -0.05) is 11.8 Å². The number of carbonyl (C=O) groups excluding carboxylic acids is 1. The molecule has 4 aromatic rings. The van der Waals surface area contributed by atoms with Crippen molar-refractivity contribution in [2.24, 2.45) is 7.05 Å². The Balaban J connectivity index is 1.37. The number of benzene rings is 2. The SMILES string of the molecule is Cn1ccnc1Sc1ccc(NC(=O)c2nn(-c3ccc(F)c(F)c3)c3c2CCC3)cc1. The molecule has 0 saturated heterocycles. The maximum absolute atomic E-state index is 13.7. The Bertz CT molecular complexity index is 1310. The van der Waals surface area contributed by atoms with Crippen molar-refractivity contribution in [3.05, 3.63) is 83.4 Å². The molecule has 2 aromatic carbocycles. The number of halogens is 2. The second-order valence-corrected chi connectivity index (χ2v) is 8.58. The molecule has 0 saturated carbocycles. The third-order valence-corrected chi connectivity index (χ3v) is 6.48. The van der Waals surface area contributed by atoms with Gasteiger partial charge in [-0.05, 0) is 55.7 Å². The lowest BCUT2D eigenvalue weighted by Gasteiger charge is -2.07. The van der Waals surface area contributed by atoms with Crippen LogP contribution in [0.3, 0.4) is 0 Å². The number of anilines is 1. The number of imidazole rings is 1. The third-order valence-electron chi connectivity index (χ3n) is 5.39. The van der Waals surface area contributed by atoms with Crippen LogP contribution >= 0.6 is 11.8 Å². The highest BCUT2D eigenvalue weighted by Crippen LogP contribution is 2.30. The summed E-state index contributed by atoms with van der Waals surface area (Å²) in [4.78, 5) is 18.3. The first-order valence-corrected chi connectivity index (χ1v) is 10.9. The first-order chi connectivity index (χ1) is 15.5. The van der Waals surface area contributed by atoms with E-state index in [4.69, 9.17) is 0 Å². The minimum Gasteiger partial charge on any atom is -0.329 e. The number of nitrogens with zero attached hydrogens (tertiary/aromatic N) is 4. The van der Waals surface area contributed by atoms with Gasteiger partial charge >= 0.3 is 0 Å². The van der Waals surface area contributed by atoms with Crippen LogP contribution in [-0.2, 0) is 19.9 Å². The number of aryl methyl sites for hydroxylation is 1. The molecule has 2 heterocycles. The lowest BCUT2D eigenvalue weighted by molar-refractivity contribution is 0.102. The molecule has 0 bridgehead atoms. The van der Waals surface area contributed by atoms with Crippen LogP contribution in [0, 0.1) is 11.6 Å². The first-order valence-electron chi connectivity index (χ1n) is 10.1. The lowest BCUT2D eigenvalue weighted by Crippen LogP contribution is -2.15. The molecule has 0 spiro atoms. The zero-order chi connectivity index (χ0) is 22.2. The summed E-state index contributed by atoms with van der Waals surface area (Å²) >= 11 is 1.53. The summed E-state index contributed by atoms with van der Waals surface area (Å²) in [5.41, 5.74) is 3.08. The average Bonchev–Trinajstić information content (AvgIpc) is 3.49. The van der Waals surface area contributed by atoms with E-state index in [0.717, 1.165) is 52.7 Å². The van der Waals surface area contributed by atoms with Gasteiger partial charge < -0.3 is 9.88 Å². The van der Waals surface area contributed by atoms with Crippen LogP contribution in [0.1, 0.15) is 28.2 Å². The highest BCUT2D eigenvalue weighted by Gasteiger charge is 2.27. The largest absolute Gasteiger partial charge is 0.329 e. The quantitative estimate of drug-likeness (QED) is 0.475. The highest BCUT2D eigenvalue weighted by molar-refractivity contribution is 7.99. The number of amides is 1. The van der Waals surface area contributed by atoms with Crippen molar-refractivity contribution in [1.29, 1.82) is 0 Å². The van der Waals surface area contributed by atoms with E-state index in [1.807, 2.05) is 42.1 Å². The fraction of sp³-hybridized carbons (Fsp3) is 0.174. The molecule has 162 valence electrons. The molecule has 1 aliphatic carbocycles. The number of aromatic nitrogens is 4. The van der Waals surface area contributed by atoms with Gasteiger partial charge in [-0.15, -0.1) is 0 Å². The van der Waals surface area contributed by atoms with Gasteiger partial charge in [0.2, 0.25) is 0 Å². The molecule has 6 nitrogen and oxygen atoms in total. The summed E-state index contributed by atoms with van der Waals surface area (Å²) in [5.74, 6) is -2.19. The van der Waals surface area contributed by atoms with E-state index in [1.165, 1.54) is 17.8 Å². The molecule has 1 aliphatic rings. The van der Waals surface area contributed by atoms with E-state index in [-0.39, 0.29) is 5.91 Å². The van der Waals surface area contributed by atoms with Crippen LogP contribution in [-0.4, -0.2) is 25.2 Å². The number of rotatable bonds is 5. The van der Waals surface area contributed by atoms with Crippen molar-refractivity contribution in [2.45, 2.75) is 29.3 Å². The Morgan fingerprint density at radius 1 is 1.09 bits per heavy atom. The fourth-order valence-electron chi connectivity index (χ4n) is 3.80. The van der Waals surface area contributed by atoms with Crippen LogP contribution in [0.15, 0.2) is 64.9 Å². The molecule has 32 heavy (non-hydrogen) atoms. The van der Waals surface area contributed by atoms with Crippen LogP contribution in [0.2, 0.25) is 0 Å².